The largest absolute Gasteiger partial charge is 0.302 e. The molecule has 14 heavy (non-hydrogen) atoms. The smallest absolute Gasteiger partial charge is 0.0672 e. The van der Waals surface area contributed by atoms with Crippen molar-refractivity contribution in [3.63, 3.8) is 0 Å². The van der Waals surface area contributed by atoms with Crippen LogP contribution in [0.2, 0.25) is 0 Å². The molecule has 1 atom stereocenters. The van der Waals surface area contributed by atoms with Crippen molar-refractivity contribution in [2.45, 2.75) is 38.5 Å². The van der Waals surface area contributed by atoms with E-state index >= 15 is 0 Å². The number of rotatable bonds is 3. The molecular weight excluding hydrogens is 172 g/mol. The third-order valence-electron chi connectivity index (χ3n) is 3.79. The molecule has 1 saturated heterocycles. The Morgan fingerprint density at radius 3 is 2.36 bits per heavy atom. The quantitative estimate of drug-likeness (QED) is 0.686. The SMILES string of the molecule is N#CC(CN1CCC1)C1CCCCC1. The minimum atomic E-state index is 0.315. The number of nitriles is 1. The van der Waals surface area contributed by atoms with Gasteiger partial charge in [0.2, 0.25) is 0 Å². The van der Waals surface area contributed by atoms with Crippen LogP contribution in [-0.4, -0.2) is 24.5 Å². The van der Waals surface area contributed by atoms with Crippen LogP contribution < -0.4 is 0 Å². The van der Waals surface area contributed by atoms with Gasteiger partial charge in [-0.05, 0) is 38.3 Å². The predicted molar refractivity (Wildman–Crippen MR) is 56.7 cm³/mol. The molecule has 0 aromatic carbocycles. The third-order valence-corrected chi connectivity index (χ3v) is 3.79. The van der Waals surface area contributed by atoms with E-state index in [9.17, 15) is 5.26 Å². The highest BCUT2D eigenvalue weighted by Gasteiger charge is 2.26. The van der Waals surface area contributed by atoms with Crippen LogP contribution in [0.4, 0.5) is 0 Å². The Morgan fingerprint density at radius 1 is 1.14 bits per heavy atom. The molecule has 0 N–H and O–H groups in total. The van der Waals surface area contributed by atoms with Crippen LogP contribution in [0.5, 0.6) is 0 Å². The summed E-state index contributed by atoms with van der Waals surface area (Å²) in [7, 11) is 0. The highest BCUT2D eigenvalue weighted by molar-refractivity contribution is 4.92. The Kier molecular flexibility index (Phi) is 3.42. The third kappa shape index (κ3) is 2.27. The van der Waals surface area contributed by atoms with E-state index in [1.165, 1.54) is 51.6 Å². The maximum Gasteiger partial charge on any atom is 0.0672 e. The van der Waals surface area contributed by atoms with Crippen LogP contribution in [0.15, 0.2) is 0 Å². The monoisotopic (exact) mass is 192 g/mol. The first-order chi connectivity index (χ1) is 6.90. The van der Waals surface area contributed by atoms with Crippen molar-refractivity contribution in [3.8, 4) is 6.07 Å². The maximum absolute atomic E-state index is 9.17. The van der Waals surface area contributed by atoms with E-state index in [-0.39, 0.29) is 0 Å². The average Bonchev–Trinajstić information content (AvgIpc) is 2.18. The van der Waals surface area contributed by atoms with Gasteiger partial charge in [0.15, 0.2) is 0 Å². The van der Waals surface area contributed by atoms with Gasteiger partial charge in [-0.3, -0.25) is 0 Å². The summed E-state index contributed by atoms with van der Waals surface area (Å²) in [5.74, 6) is 1.02. The molecule has 2 aliphatic rings. The average molecular weight is 192 g/mol. The van der Waals surface area contributed by atoms with Crippen LogP contribution in [0.1, 0.15) is 38.5 Å². The lowest BCUT2D eigenvalue weighted by Gasteiger charge is -2.35. The molecule has 2 rings (SSSR count). The second kappa shape index (κ2) is 4.79. The van der Waals surface area contributed by atoms with Crippen molar-refractivity contribution in [2.75, 3.05) is 19.6 Å². The predicted octanol–water partition coefficient (Wildman–Crippen LogP) is 2.41. The summed E-state index contributed by atoms with van der Waals surface area (Å²) in [6.45, 7) is 3.50. The van der Waals surface area contributed by atoms with Gasteiger partial charge in [-0.15, -0.1) is 0 Å². The summed E-state index contributed by atoms with van der Waals surface area (Å²) in [4.78, 5) is 2.43. The van der Waals surface area contributed by atoms with Crippen LogP contribution in [0.3, 0.4) is 0 Å². The molecule has 1 aliphatic carbocycles. The summed E-state index contributed by atoms with van der Waals surface area (Å²) in [6, 6.07) is 2.53. The molecule has 2 heteroatoms. The highest BCUT2D eigenvalue weighted by Crippen LogP contribution is 2.30. The lowest BCUT2D eigenvalue weighted by Crippen LogP contribution is -2.42. The van der Waals surface area contributed by atoms with Crippen molar-refractivity contribution in [3.05, 3.63) is 0 Å². The number of hydrogen-bond acceptors (Lipinski definition) is 2. The van der Waals surface area contributed by atoms with E-state index < -0.39 is 0 Å². The Balaban J connectivity index is 1.81. The molecule has 1 saturated carbocycles. The number of hydrogen-bond donors (Lipinski definition) is 0. The topological polar surface area (TPSA) is 27.0 Å². The molecule has 2 nitrogen and oxygen atoms in total. The first-order valence-corrected chi connectivity index (χ1v) is 6.02. The second-order valence-corrected chi connectivity index (χ2v) is 4.79. The van der Waals surface area contributed by atoms with Crippen molar-refractivity contribution >= 4 is 0 Å². The van der Waals surface area contributed by atoms with Gasteiger partial charge in [0.05, 0.1) is 12.0 Å². The fourth-order valence-corrected chi connectivity index (χ4v) is 2.67. The Morgan fingerprint density at radius 2 is 1.86 bits per heavy atom. The molecule has 0 aromatic heterocycles. The summed E-state index contributed by atoms with van der Waals surface area (Å²) in [5.41, 5.74) is 0. The maximum atomic E-state index is 9.17. The summed E-state index contributed by atoms with van der Waals surface area (Å²) in [6.07, 6.45) is 8.02. The molecule has 1 aliphatic heterocycles. The minimum Gasteiger partial charge on any atom is -0.302 e. The summed E-state index contributed by atoms with van der Waals surface area (Å²) < 4.78 is 0. The first-order valence-electron chi connectivity index (χ1n) is 6.02. The molecule has 1 unspecified atom stereocenters. The van der Waals surface area contributed by atoms with Crippen LogP contribution in [-0.2, 0) is 0 Å². The van der Waals surface area contributed by atoms with Gasteiger partial charge in [0.25, 0.3) is 0 Å². The Hall–Kier alpha value is -0.550. The van der Waals surface area contributed by atoms with Crippen LogP contribution in [0, 0.1) is 23.2 Å². The molecule has 0 radical (unpaired) electrons. The van der Waals surface area contributed by atoms with E-state index in [1.54, 1.807) is 0 Å². The lowest BCUT2D eigenvalue weighted by molar-refractivity contribution is 0.136. The molecule has 1 heterocycles. The molecular formula is C12H20N2. The van der Waals surface area contributed by atoms with E-state index in [2.05, 4.69) is 11.0 Å². The molecule has 0 aromatic rings. The summed E-state index contributed by atoms with van der Waals surface area (Å²) >= 11 is 0. The van der Waals surface area contributed by atoms with Crippen LogP contribution >= 0.6 is 0 Å². The normalized spacial score (nSPS) is 26.5. The van der Waals surface area contributed by atoms with Gasteiger partial charge in [-0.1, -0.05) is 19.3 Å². The van der Waals surface area contributed by atoms with Gasteiger partial charge in [-0.25, -0.2) is 0 Å². The zero-order chi connectivity index (χ0) is 9.80. The van der Waals surface area contributed by atoms with E-state index in [0.717, 1.165) is 6.54 Å². The molecule has 0 bridgehead atoms. The highest BCUT2D eigenvalue weighted by atomic mass is 15.2. The number of nitrogens with zero attached hydrogens (tertiary/aromatic N) is 2. The Bertz CT molecular complexity index is 209. The summed E-state index contributed by atoms with van der Waals surface area (Å²) in [5, 5.41) is 9.17. The van der Waals surface area contributed by atoms with Gasteiger partial charge in [-0.2, -0.15) is 5.26 Å². The van der Waals surface area contributed by atoms with Gasteiger partial charge in [0.1, 0.15) is 0 Å². The number of likely N-dealkylation sites (tertiary alicyclic amines) is 1. The van der Waals surface area contributed by atoms with Crippen molar-refractivity contribution in [1.82, 2.24) is 4.90 Å². The molecule has 78 valence electrons. The molecule has 2 fully saturated rings. The Labute approximate surface area is 86.9 Å². The van der Waals surface area contributed by atoms with E-state index in [1.807, 2.05) is 0 Å². The molecule has 0 spiro atoms. The van der Waals surface area contributed by atoms with E-state index in [0.29, 0.717) is 11.8 Å². The zero-order valence-electron chi connectivity index (χ0n) is 8.91. The van der Waals surface area contributed by atoms with Crippen molar-refractivity contribution < 1.29 is 0 Å². The second-order valence-electron chi connectivity index (χ2n) is 4.79. The molecule has 0 amide bonds. The van der Waals surface area contributed by atoms with Gasteiger partial charge in [0, 0.05) is 6.54 Å². The fourth-order valence-electron chi connectivity index (χ4n) is 2.67. The minimum absolute atomic E-state index is 0.315. The standard InChI is InChI=1S/C12H20N2/c13-9-12(10-14-7-4-8-14)11-5-2-1-3-6-11/h11-12H,1-8,10H2. The first kappa shape index (κ1) is 9.98. The van der Waals surface area contributed by atoms with Crippen molar-refractivity contribution in [2.24, 2.45) is 11.8 Å². The fraction of sp³-hybridized carbons (Fsp3) is 0.917. The zero-order valence-corrected chi connectivity index (χ0v) is 8.91. The van der Waals surface area contributed by atoms with Crippen molar-refractivity contribution in [1.29, 1.82) is 5.26 Å². The lowest BCUT2D eigenvalue weighted by atomic mass is 9.80. The van der Waals surface area contributed by atoms with E-state index in [4.69, 9.17) is 0 Å². The van der Waals surface area contributed by atoms with Gasteiger partial charge >= 0.3 is 0 Å². The van der Waals surface area contributed by atoms with Gasteiger partial charge < -0.3 is 4.90 Å². The van der Waals surface area contributed by atoms with Crippen LogP contribution in [0.25, 0.3) is 0 Å².